The maximum Gasteiger partial charge on any atom is 0.317 e. The van der Waals surface area contributed by atoms with Gasteiger partial charge < -0.3 is 9.72 Å². The van der Waals surface area contributed by atoms with E-state index in [9.17, 15) is 13.6 Å². The molecule has 0 bridgehead atoms. The third-order valence-corrected chi connectivity index (χ3v) is 5.82. The predicted molar refractivity (Wildman–Crippen MR) is 116 cm³/mol. The Labute approximate surface area is 183 Å². The zero-order chi connectivity index (χ0) is 22.2. The molecule has 1 aromatic heterocycles. The lowest BCUT2D eigenvalue weighted by Gasteiger charge is -2.29. The molecule has 4 aromatic rings. The molecule has 6 heteroatoms. The van der Waals surface area contributed by atoms with Crippen molar-refractivity contribution in [2.45, 2.75) is 19.3 Å². The number of halogens is 2. The van der Waals surface area contributed by atoms with Crippen LogP contribution in [0.2, 0.25) is 0 Å². The standard InChI is InChI=1S/C26H20F2N2O2/c1-15-7-9-16(10-8-15)13-20-22(17-5-3-2-4-6-17)23-25(32-26(20)31)30-24(29-23)19-14-18(27)11-12-21(19)28/h2-12,14,20,22H,13H2,1H3,(H,29,30). The summed E-state index contributed by atoms with van der Waals surface area (Å²) in [6, 6.07) is 20.8. The summed E-state index contributed by atoms with van der Waals surface area (Å²) in [6.07, 6.45) is 0.467. The van der Waals surface area contributed by atoms with E-state index in [0.29, 0.717) is 12.1 Å². The molecule has 0 aliphatic carbocycles. The Morgan fingerprint density at radius 1 is 1.00 bits per heavy atom. The van der Waals surface area contributed by atoms with Crippen LogP contribution < -0.4 is 4.74 Å². The summed E-state index contributed by atoms with van der Waals surface area (Å²) in [6.45, 7) is 2.01. The minimum Gasteiger partial charge on any atom is -0.407 e. The van der Waals surface area contributed by atoms with Crippen LogP contribution in [0.25, 0.3) is 11.4 Å². The number of nitrogens with one attached hydrogen (secondary N) is 1. The van der Waals surface area contributed by atoms with Crippen molar-refractivity contribution in [3.8, 4) is 17.3 Å². The van der Waals surface area contributed by atoms with Crippen LogP contribution in [-0.2, 0) is 11.2 Å². The molecule has 32 heavy (non-hydrogen) atoms. The third-order valence-electron chi connectivity index (χ3n) is 5.82. The highest BCUT2D eigenvalue weighted by Gasteiger charge is 2.41. The van der Waals surface area contributed by atoms with Crippen molar-refractivity contribution in [3.05, 3.63) is 107 Å². The summed E-state index contributed by atoms with van der Waals surface area (Å²) < 4.78 is 33.7. The van der Waals surface area contributed by atoms with Crippen molar-refractivity contribution in [1.29, 1.82) is 0 Å². The molecule has 160 valence electrons. The summed E-state index contributed by atoms with van der Waals surface area (Å²) in [7, 11) is 0. The van der Waals surface area contributed by atoms with Gasteiger partial charge in [-0.3, -0.25) is 4.79 Å². The largest absolute Gasteiger partial charge is 0.407 e. The van der Waals surface area contributed by atoms with Crippen molar-refractivity contribution < 1.29 is 18.3 Å². The molecule has 0 radical (unpaired) electrons. The Balaban J connectivity index is 1.61. The highest BCUT2D eigenvalue weighted by molar-refractivity contribution is 5.80. The molecule has 1 N–H and O–H groups in total. The van der Waals surface area contributed by atoms with E-state index in [-0.39, 0.29) is 23.2 Å². The fourth-order valence-corrected chi connectivity index (χ4v) is 4.20. The molecule has 1 aliphatic heterocycles. The van der Waals surface area contributed by atoms with Gasteiger partial charge in [-0.1, -0.05) is 60.2 Å². The molecule has 2 unspecified atom stereocenters. The lowest BCUT2D eigenvalue weighted by Crippen LogP contribution is -2.34. The summed E-state index contributed by atoms with van der Waals surface area (Å²) in [5.74, 6) is -2.20. The number of H-pyrrole nitrogens is 1. The molecule has 2 atom stereocenters. The molecular formula is C26H20F2N2O2. The van der Waals surface area contributed by atoms with Crippen LogP contribution >= 0.6 is 0 Å². The zero-order valence-corrected chi connectivity index (χ0v) is 17.3. The maximum absolute atomic E-state index is 14.4. The average molecular weight is 430 g/mol. The normalized spacial score (nSPS) is 17.7. The van der Waals surface area contributed by atoms with Crippen molar-refractivity contribution in [2.24, 2.45) is 5.92 Å². The first kappa shape index (κ1) is 20.1. The van der Waals surface area contributed by atoms with Gasteiger partial charge in [0.1, 0.15) is 23.2 Å². The number of aromatic nitrogens is 2. The molecule has 1 aliphatic rings. The van der Waals surface area contributed by atoms with E-state index in [4.69, 9.17) is 4.74 Å². The predicted octanol–water partition coefficient (Wildman–Crippen LogP) is 5.57. The van der Waals surface area contributed by atoms with Gasteiger partial charge in [0.25, 0.3) is 0 Å². The van der Waals surface area contributed by atoms with Crippen LogP contribution in [0.3, 0.4) is 0 Å². The molecule has 4 nitrogen and oxygen atoms in total. The Bertz CT molecular complexity index is 1280. The van der Waals surface area contributed by atoms with E-state index in [1.807, 2.05) is 61.5 Å². The van der Waals surface area contributed by atoms with Crippen molar-refractivity contribution >= 4 is 5.97 Å². The number of fused-ring (bicyclic) bond motifs is 1. The number of nitrogens with zero attached hydrogens (tertiary/aromatic N) is 1. The van der Waals surface area contributed by atoms with Gasteiger partial charge in [0.2, 0.25) is 5.88 Å². The number of benzene rings is 3. The molecule has 0 fully saturated rings. The van der Waals surface area contributed by atoms with Crippen LogP contribution in [0.1, 0.15) is 28.3 Å². The van der Waals surface area contributed by atoms with Crippen molar-refractivity contribution in [3.63, 3.8) is 0 Å². The van der Waals surface area contributed by atoms with Gasteiger partial charge in [0, 0.05) is 5.92 Å². The number of imidazole rings is 1. The number of aryl methyl sites for hydroxylation is 1. The quantitative estimate of drug-likeness (QED) is 0.431. The second kappa shape index (κ2) is 8.04. The topological polar surface area (TPSA) is 55.0 Å². The number of esters is 1. The molecule has 2 heterocycles. The molecule has 0 amide bonds. The second-order valence-corrected chi connectivity index (χ2v) is 8.03. The second-order valence-electron chi connectivity index (χ2n) is 8.03. The van der Waals surface area contributed by atoms with Crippen LogP contribution in [0.15, 0.2) is 72.8 Å². The van der Waals surface area contributed by atoms with E-state index < -0.39 is 23.5 Å². The van der Waals surface area contributed by atoms with Crippen LogP contribution in [0.5, 0.6) is 5.88 Å². The zero-order valence-electron chi connectivity index (χ0n) is 17.3. The number of aromatic amines is 1. The number of carbonyl (C=O) groups excluding carboxylic acids is 1. The smallest absolute Gasteiger partial charge is 0.317 e. The first-order chi connectivity index (χ1) is 15.5. The lowest BCUT2D eigenvalue weighted by molar-refractivity contribution is -0.141. The first-order valence-electron chi connectivity index (χ1n) is 10.4. The van der Waals surface area contributed by atoms with Gasteiger partial charge in [-0.15, -0.1) is 0 Å². The van der Waals surface area contributed by atoms with Crippen molar-refractivity contribution in [1.82, 2.24) is 9.97 Å². The van der Waals surface area contributed by atoms with Gasteiger partial charge >= 0.3 is 5.97 Å². The van der Waals surface area contributed by atoms with E-state index in [1.165, 1.54) is 0 Å². The SMILES string of the molecule is Cc1ccc(CC2C(=O)Oc3[nH]c(-c4cc(F)ccc4F)nc3C2c2ccccc2)cc1. The van der Waals surface area contributed by atoms with Crippen molar-refractivity contribution in [2.75, 3.05) is 0 Å². The average Bonchev–Trinajstić information content (AvgIpc) is 3.21. The Hall–Kier alpha value is -3.80. The molecule has 0 saturated carbocycles. The van der Waals surface area contributed by atoms with Crippen LogP contribution in [0.4, 0.5) is 8.78 Å². The summed E-state index contributed by atoms with van der Waals surface area (Å²) in [4.78, 5) is 20.5. The Kier molecular flexibility index (Phi) is 5.05. The van der Waals surface area contributed by atoms with Gasteiger partial charge in [0.05, 0.1) is 11.5 Å². The van der Waals surface area contributed by atoms with Crippen LogP contribution in [0, 0.1) is 24.5 Å². The van der Waals surface area contributed by atoms with Gasteiger partial charge in [-0.2, -0.15) is 0 Å². The fourth-order valence-electron chi connectivity index (χ4n) is 4.20. The molecule has 5 rings (SSSR count). The van der Waals surface area contributed by atoms with Gasteiger partial charge in [-0.05, 0) is 42.7 Å². The summed E-state index contributed by atoms with van der Waals surface area (Å²) >= 11 is 0. The molecule has 0 spiro atoms. The minimum atomic E-state index is -0.615. The Morgan fingerprint density at radius 2 is 1.75 bits per heavy atom. The maximum atomic E-state index is 14.4. The number of ether oxygens (including phenoxy) is 1. The van der Waals surface area contributed by atoms with E-state index in [0.717, 1.165) is 34.9 Å². The fraction of sp³-hybridized carbons (Fsp3) is 0.154. The minimum absolute atomic E-state index is 0.0163. The third kappa shape index (κ3) is 3.68. The van der Waals surface area contributed by atoms with E-state index in [1.54, 1.807) is 0 Å². The van der Waals surface area contributed by atoms with Gasteiger partial charge in [-0.25, -0.2) is 13.8 Å². The number of hydrogen-bond acceptors (Lipinski definition) is 3. The summed E-state index contributed by atoms with van der Waals surface area (Å²) in [5, 5.41) is 0. The van der Waals surface area contributed by atoms with Crippen LogP contribution in [-0.4, -0.2) is 15.9 Å². The first-order valence-corrected chi connectivity index (χ1v) is 10.4. The number of carbonyl (C=O) groups is 1. The van der Waals surface area contributed by atoms with E-state index in [2.05, 4.69) is 9.97 Å². The summed E-state index contributed by atoms with van der Waals surface area (Å²) in [5.41, 5.74) is 3.54. The van der Waals surface area contributed by atoms with E-state index >= 15 is 0 Å². The highest BCUT2D eigenvalue weighted by Crippen LogP contribution is 2.43. The molecular weight excluding hydrogens is 410 g/mol. The monoisotopic (exact) mass is 430 g/mol. The van der Waals surface area contributed by atoms with Gasteiger partial charge in [0.15, 0.2) is 0 Å². The Morgan fingerprint density at radius 3 is 2.50 bits per heavy atom. The highest BCUT2D eigenvalue weighted by atomic mass is 19.1. The number of hydrogen-bond donors (Lipinski definition) is 1. The molecule has 0 saturated heterocycles. The number of rotatable bonds is 4. The lowest BCUT2D eigenvalue weighted by atomic mass is 9.79. The molecule has 3 aromatic carbocycles.